The number of ether oxygens (including phenoxy) is 3. The average Bonchev–Trinajstić information content (AvgIpc) is 4.14. The van der Waals surface area contributed by atoms with Crippen molar-refractivity contribution in [2.45, 2.75) is 92.2 Å². The van der Waals surface area contributed by atoms with Crippen molar-refractivity contribution < 1.29 is 58.9 Å². The maximum atomic E-state index is 13.6. The number of carbonyl (C=O) groups is 4. The van der Waals surface area contributed by atoms with E-state index in [1.54, 1.807) is 6.92 Å². The summed E-state index contributed by atoms with van der Waals surface area (Å²) >= 11 is 1.50. The van der Waals surface area contributed by atoms with Crippen LogP contribution in [-0.2, 0) is 25.5 Å². The van der Waals surface area contributed by atoms with E-state index in [0.29, 0.717) is 11.0 Å². The molecule has 3 aliphatic carbocycles. The van der Waals surface area contributed by atoms with Crippen LogP contribution >= 0.6 is 11.8 Å². The highest BCUT2D eigenvalue weighted by Crippen LogP contribution is 2.52. The minimum Gasteiger partial charge on any atom is -0.507 e. The number of hydrogen-bond donors (Lipinski definition) is 9. The molecule has 3 fully saturated rings. The number of Topliss-reactive ketones (excluding diaryl/α,β-unsaturated/α-hetero) is 1. The number of nitrogens with zero attached hydrogens (tertiary/aromatic N) is 5. The maximum Gasteiger partial charge on any atom is 0.227 e. The van der Waals surface area contributed by atoms with Crippen molar-refractivity contribution in [2.75, 3.05) is 62.5 Å². The smallest absolute Gasteiger partial charge is 0.227 e. The predicted molar refractivity (Wildman–Crippen MR) is 262 cm³/mol. The Bertz CT molecular complexity index is 2900. The Morgan fingerprint density at radius 1 is 0.986 bits per heavy atom. The quantitative estimate of drug-likeness (QED) is 0.0626. The summed E-state index contributed by atoms with van der Waals surface area (Å²) in [5.74, 6) is -1.13. The fraction of sp³-hybridized carbons (Fsp3) is 0.420. The molecule has 5 aromatic rings. The van der Waals surface area contributed by atoms with Gasteiger partial charge < -0.3 is 65.9 Å². The summed E-state index contributed by atoms with van der Waals surface area (Å²) < 4.78 is 17.0. The Balaban J connectivity index is 0.000000180. The van der Waals surface area contributed by atoms with Crippen LogP contribution in [-0.4, -0.2) is 151 Å². The number of aromatic hydroxyl groups is 2. The van der Waals surface area contributed by atoms with Gasteiger partial charge in [0, 0.05) is 103 Å². The van der Waals surface area contributed by atoms with Crippen molar-refractivity contribution in [1.29, 1.82) is 0 Å². The first-order valence-electron chi connectivity index (χ1n) is 23.6. The van der Waals surface area contributed by atoms with E-state index >= 15 is 0 Å². The van der Waals surface area contributed by atoms with Crippen LogP contribution in [0.2, 0.25) is 0 Å². The van der Waals surface area contributed by atoms with Crippen LogP contribution in [0, 0.1) is 12.8 Å². The second-order valence-corrected chi connectivity index (χ2v) is 19.8. The number of aliphatic hydroxyl groups is 3. The second kappa shape index (κ2) is 20.5. The van der Waals surface area contributed by atoms with E-state index in [0.717, 1.165) is 66.9 Å². The van der Waals surface area contributed by atoms with Crippen LogP contribution in [0.4, 0.5) is 23.1 Å². The molecule has 0 radical (unpaired) electrons. The lowest BCUT2D eigenvalue weighted by atomic mass is 9.72. The monoisotopic (exact) mass is 1010 g/mol. The van der Waals surface area contributed by atoms with Gasteiger partial charge in [-0.2, -0.15) is 5.10 Å². The number of phenolic OH excluding ortho intramolecular Hbond substituents is 2. The molecule has 22 heteroatoms. The van der Waals surface area contributed by atoms with Gasteiger partial charge in [-0.05, 0) is 75.8 Å². The summed E-state index contributed by atoms with van der Waals surface area (Å²) in [7, 11) is 3.46. The van der Waals surface area contributed by atoms with Gasteiger partial charge in [-0.3, -0.25) is 24.3 Å². The number of phenols is 2. The molecule has 72 heavy (non-hydrogen) atoms. The Morgan fingerprint density at radius 3 is 2.36 bits per heavy atom. The van der Waals surface area contributed by atoms with Gasteiger partial charge in [-0.25, -0.2) is 9.97 Å². The molecule has 2 aliphatic heterocycles. The summed E-state index contributed by atoms with van der Waals surface area (Å²) in [4.78, 5) is 66.9. The Morgan fingerprint density at radius 2 is 1.71 bits per heavy atom. The Kier molecular flexibility index (Phi) is 14.4. The number of fused-ring (bicyclic) bond motifs is 3. The van der Waals surface area contributed by atoms with E-state index in [4.69, 9.17) is 29.9 Å². The first-order valence-corrected chi connectivity index (χ1v) is 24.4. The zero-order valence-electron chi connectivity index (χ0n) is 40.0. The minimum atomic E-state index is -2.24. The molecule has 10 N–H and O–H groups in total. The molecule has 4 heterocycles. The molecule has 5 aliphatic rings. The number of ketones is 3. The summed E-state index contributed by atoms with van der Waals surface area (Å²) in [6, 6.07) is 15.4. The zero-order chi connectivity index (χ0) is 51.2. The van der Waals surface area contributed by atoms with Crippen molar-refractivity contribution in [2.24, 2.45) is 11.7 Å². The molecule has 1 amide bonds. The predicted octanol–water partition coefficient (Wildman–Crippen LogP) is 3.50. The fourth-order valence-electron chi connectivity index (χ4n) is 9.39. The van der Waals surface area contributed by atoms with Crippen LogP contribution < -0.4 is 26.0 Å². The number of amides is 1. The van der Waals surface area contributed by atoms with Crippen LogP contribution in [0.3, 0.4) is 0 Å². The third-order valence-corrected chi connectivity index (χ3v) is 14.4. The number of hydrogen-bond acceptors (Lipinski definition) is 20. The van der Waals surface area contributed by atoms with Gasteiger partial charge >= 0.3 is 0 Å². The van der Waals surface area contributed by atoms with Gasteiger partial charge in [-0.1, -0.05) is 12.1 Å². The highest BCUT2D eigenvalue weighted by molar-refractivity contribution is 7.99. The molecule has 10 rings (SSSR count). The first-order chi connectivity index (χ1) is 34.4. The molecule has 1 saturated carbocycles. The van der Waals surface area contributed by atoms with Gasteiger partial charge in [0.2, 0.25) is 11.7 Å². The molecule has 2 saturated heterocycles. The number of benzene rings is 3. The number of H-pyrrole nitrogens is 1. The molecule has 0 bridgehead atoms. The van der Waals surface area contributed by atoms with Gasteiger partial charge in [-0.15, -0.1) is 0 Å². The zero-order valence-corrected chi connectivity index (χ0v) is 40.9. The number of nitrogens with two attached hydrogens (primary N) is 1. The summed E-state index contributed by atoms with van der Waals surface area (Å²) in [5, 5.41) is 67.8. The van der Waals surface area contributed by atoms with Gasteiger partial charge in [0.1, 0.15) is 41.1 Å². The number of methoxy groups -OCH3 is 1. The minimum absolute atomic E-state index is 0.0173. The summed E-state index contributed by atoms with van der Waals surface area (Å²) in [6.45, 7) is 6.38. The number of anilines is 4. The van der Waals surface area contributed by atoms with E-state index in [-0.39, 0.29) is 46.2 Å². The number of nitrogens with one attached hydrogen (secondary N) is 3. The molecule has 2 aromatic heterocycles. The van der Waals surface area contributed by atoms with Crippen molar-refractivity contribution in [3.8, 4) is 17.2 Å². The lowest BCUT2D eigenvalue weighted by molar-refractivity contribution is -0.247. The summed E-state index contributed by atoms with van der Waals surface area (Å²) in [6.07, 6.45) is -3.13. The van der Waals surface area contributed by atoms with E-state index in [1.165, 1.54) is 37.1 Å². The third kappa shape index (κ3) is 10.3. The third-order valence-electron chi connectivity index (χ3n) is 13.6. The van der Waals surface area contributed by atoms with E-state index < -0.39 is 95.7 Å². The van der Waals surface area contributed by atoms with E-state index in [9.17, 15) is 44.7 Å². The van der Waals surface area contributed by atoms with Crippen LogP contribution in [0.15, 0.2) is 64.6 Å². The SMILES string of the molecule is COc1cccc2c1C(=O)c1c(O)c3c(c(O)c1C2=O)C[C@@](O)(C(=O)CO)C[C@@H]3O[C@H]1C[C@H](N)[C@H](O)[C@H](C)O1.Cc1cc(Nc2cc(N3CCN(C)CC3)nc(Sc3ccc(NC(=O)C4CC4)cc3)n2)n[nH]1. The second-order valence-electron chi connectivity index (χ2n) is 18.8. The molecule has 21 nitrogen and oxygen atoms in total. The molecule has 3 aromatic carbocycles. The van der Waals surface area contributed by atoms with Gasteiger partial charge in [0.15, 0.2) is 28.8 Å². The number of aromatic nitrogens is 4. The number of aromatic amines is 1. The summed E-state index contributed by atoms with van der Waals surface area (Å²) in [5.41, 5.74) is 4.17. The Hall–Kier alpha value is -6.50. The maximum absolute atomic E-state index is 13.6. The number of likely N-dealkylation sites (N-methyl/N-ethyl adjacent to an activating group) is 1. The topological polar surface area (TPSA) is 308 Å². The number of rotatable bonds is 12. The Labute approximate surface area is 418 Å². The number of carbonyl (C=O) groups excluding carboxylic acids is 4. The van der Waals surface area contributed by atoms with E-state index in [1.807, 2.05) is 43.3 Å². The standard InChI is InChI=1S/C27H29NO11.C23H28N8OS/c1-10-22(31)13(28)6-17(38-10)39-15-8-27(36,16(30)9-29)7-12-19(15)26(35)21-20(24(12)33)23(32)11-4-3-5-14(37-2)18(11)25(21)34;1-15-13-20(29-28-15)25-19-14-21(31-11-9-30(2)10-12-31)27-23(26-19)33-18-7-5-17(6-8-18)24-22(32)16-3-4-16/h3-5,10,13,15,17,22,29,31,33,35-36H,6-9,28H2,1-2H3;5-8,13-14,16H,3-4,9-12H2,1-2H3,(H,24,32)(H2,25,26,27,28,29)/t10-,13-,15-,17-,22+,27-;/m0./s1. The van der Waals surface area contributed by atoms with Crippen LogP contribution in [0.25, 0.3) is 0 Å². The van der Waals surface area contributed by atoms with Gasteiger partial charge in [0.05, 0.1) is 42.1 Å². The lowest BCUT2D eigenvalue weighted by Gasteiger charge is -2.42. The number of aryl methyl sites for hydroxylation is 1. The van der Waals surface area contributed by atoms with Crippen molar-refractivity contribution in [1.82, 2.24) is 25.1 Å². The van der Waals surface area contributed by atoms with Crippen LogP contribution in [0.1, 0.15) is 87.4 Å². The van der Waals surface area contributed by atoms with E-state index in [2.05, 4.69) is 37.7 Å². The van der Waals surface area contributed by atoms with Gasteiger partial charge in [0.25, 0.3) is 0 Å². The fourth-order valence-corrected chi connectivity index (χ4v) is 10.2. The lowest BCUT2D eigenvalue weighted by Crippen LogP contribution is -2.53. The largest absolute Gasteiger partial charge is 0.507 e. The number of aliphatic hydroxyl groups excluding tert-OH is 2. The highest BCUT2D eigenvalue weighted by Gasteiger charge is 2.50. The van der Waals surface area contributed by atoms with Crippen molar-refractivity contribution in [3.05, 3.63) is 93.7 Å². The normalized spacial score (nSPS) is 23.8. The average molecular weight is 1010 g/mol. The first kappa shape index (κ1) is 50.4. The van der Waals surface area contributed by atoms with Crippen molar-refractivity contribution in [3.63, 3.8) is 0 Å². The molecule has 380 valence electrons. The number of piperazine rings is 1. The van der Waals surface area contributed by atoms with Crippen LogP contribution in [0.5, 0.6) is 17.2 Å². The molecular weight excluding hydrogens is 951 g/mol. The highest BCUT2D eigenvalue weighted by atomic mass is 32.2. The molecular formula is C50H57N9O12S. The molecule has 0 spiro atoms. The molecule has 6 atom stereocenters. The molecule has 0 unspecified atom stereocenters. The van der Waals surface area contributed by atoms with Crippen molar-refractivity contribution >= 4 is 58.2 Å².